The topological polar surface area (TPSA) is 229 Å². The number of ether oxygens (including phenoxy) is 5. The molecule has 8 N–H and O–H groups in total. The van der Waals surface area contributed by atoms with Crippen molar-refractivity contribution in [2.24, 2.45) is 21.1 Å². The molecule has 0 aliphatic carbocycles. The standard InChI is InChI=1S/C39H81N7O11/c1-37(2,3)36-35(51)34(50)33(49)31(57-36)27-53-32(56-30(24-41-10)26-54-39(7,8)9)25-42-13-17-45(20-22-48)18-14-43-55-29-46(38(4,5)6)28-52-23-11-15-44(16-12-40)19-21-47/h24-25,30-36,43,47-51H,11-23,26-29,40H2,1-10H3. The van der Waals surface area contributed by atoms with Crippen LogP contribution in [0.25, 0.3) is 0 Å². The molecule has 338 valence electrons. The summed E-state index contributed by atoms with van der Waals surface area (Å²) >= 11 is 0. The first-order chi connectivity index (χ1) is 26.8. The summed E-state index contributed by atoms with van der Waals surface area (Å²) in [7, 11) is 1.64. The third-order valence-electron chi connectivity index (χ3n) is 9.16. The van der Waals surface area contributed by atoms with Gasteiger partial charge in [-0.05, 0) is 53.4 Å². The zero-order valence-corrected chi connectivity index (χ0v) is 36.7. The third-order valence-corrected chi connectivity index (χ3v) is 9.16. The van der Waals surface area contributed by atoms with E-state index < -0.39 is 53.9 Å². The molecule has 18 heteroatoms. The highest BCUT2D eigenvalue weighted by Crippen LogP contribution is 2.33. The molecule has 0 aromatic rings. The van der Waals surface area contributed by atoms with Gasteiger partial charge in [0.05, 0.1) is 50.9 Å². The average Bonchev–Trinajstić information content (AvgIpc) is 3.11. The highest BCUT2D eigenvalue weighted by Gasteiger charge is 2.48. The molecule has 1 aliphatic rings. The van der Waals surface area contributed by atoms with Crippen LogP contribution in [-0.2, 0) is 28.5 Å². The first-order valence-electron chi connectivity index (χ1n) is 20.3. The van der Waals surface area contributed by atoms with Gasteiger partial charge >= 0.3 is 0 Å². The second kappa shape index (κ2) is 28.3. The molecule has 0 bridgehead atoms. The van der Waals surface area contributed by atoms with E-state index in [-0.39, 0.29) is 32.0 Å². The Bertz CT molecular complexity index is 1070. The van der Waals surface area contributed by atoms with Crippen LogP contribution in [0, 0.1) is 5.41 Å². The lowest BCUT2D eigenvalue weighted by Gasteiger charge is -2.45. The summed E-state index contributed by atoms with van der Waals surface area (Å²) in [6.07, 6.45) is -3.31. The summed E-state index contributed by atoms with van der Waals surface area (Å²) in [5, 5.41) is 50.9. The molecule has 0 amide bonds. The van der Waals surface area contributed by atoms with Gasteiger partial charge in [0.2, 0.25) is 0 Å². The predicted molar refractivity (Wildman–Crippen MR) is 221 cm³/mol. The van der Waals surface area contributed by atoms with E-state index in [1.54, 1.807) is 13.3 Å². The van der Waals surface area contributed by atoms with Gasteiger partial charge in [-0.1, -0.05) is 20.8 Å². The minimum atomic E-state index is -1.41. The maximum absolute atomic E-state index is 10.7. The number of nitrogens with two attached hydrogens (primary N) is 1. The second-order valence-corrected chi connectivity index (χ2v) is 17.4. The van der Waals surface area contributed by atoms with Gasteiger partial charge in [0.1, 0.15) is 44.0 Å². The van der Waals surface area contributed by atoms with E-state index in [1.165, 1.54) is 6.21 Å². The molecule has 1 aliphatic heterocycles. The van der Waals surface area contributed by atoms with Crippen molar-refractivity contribution in [3.8, 4) is 0 Å². The minimum Gasteiger partial charge on any atom is -0.395 e. The van der Waals surface area contributed by atoms with Gasteiger partial charge in [0, 0.05) is 77.8 Å². The van der Waals surface area contributed by atoms with Crippen molar-refractivity contribution in [3.05, 3.63) is 0 Å². The molecule has 18 nitrogen and oxygen atoms in total. The molecule has 0 spiro atoms. The van der Waals surface area contributed by atoms with Crippen LogP contribution >= 0.6 is 0 Å². The fourth-order valence-corrected chi connectivity index (χ4v) is 5.78. The van der Waals surface area contributed by atoms with Gasteiger partial charge in [-0.2, -0.15) is 5.48 Å². The van der Waals surface area contributed by atoms with E-state index in [1.807, 2.05) is 41.5 Å². The van der Waals surface area contributed by atoms with E-state index >= 15 is 0 Å². The Labute approximate surface area is 342 Å². The molecule has 1 saturated heterocycles. The van der Waals surface area contributed by atoms with Crippen molar-refractivity contribution >= 4 is 12.4 Å². The Hall–Kier alpha value is -1.30. The smallest absolute Gasteiger partial charge is 0.194 e. The number of nitrogens with one attached hydrogen (secondary N) is 1. The fourth-order valence-electron chi connectivity index (χ4n) is 5.78. The van der Waals surface area contributed by atoms with Gasteiger partial charge < -0.3 is 55.0 Å². The largest absolute Gasteiger partial charge is 0.395 e. The third kappa shape index (κ3) is 23.3. The Morgan fingerprint density at radius 2 is 1.51 bits per heavy atom. The molecule has 1 rings (SSSR count). The van der Waals surface area contributed by atoms with E-state index in [4.69, 9.17) is 34.3 Å². The molecule has 0 saturated carbocycles. The Morgan fingerprint density at radius 3 is 2.09 bits per heavy atom. The lowest BCUT2D eigenvalue weighted by atomic mass is 9.80. The van der Waals surface area contributed by atoms with Crippen molar-refractivity contribution in [2.45, 2.75) is 123 Å². The number of aliphatic imine (C=N–C) groups is 2. The number of hydroxylamine groups is 1. The fraction of sp³-hybridized carbons (Fsp3) is 0.949. The van der Waals surface area contributed by atoms with Crippen molar-refractivity contribution in [3.63, 3.8) is 0 Å². The normalized spacial score (nSPS) is 22.5. The Kier molecular flexibility index (Phi) is 26.6. The van der Waals surface area contributed by atoms with Gasteiger partial charge in [-0.3, -0.25) is 29.5 Å². The van der Waals surface area contributed by atoms with E-state index in [0.29, 0.717) is 65.9 Å². The van der Waals surface area contributed by atoms with Crippen LogP contribution in [0.3, 0.4) is 0 Å². The molecule has 7 unspecified atom stereocenters. The van der Waals surface area contributed by atoms with E-state index in [0.717, 1.165) is 19.5 Å². The van der Waals surface area contributed by atoms with Crippen LogP contribution in [0.15, 0.2) is 9.98 Å². The predicted octanol–water partition coefficient (Wildman–Crippen LogP) is -0.312. The van der Waals surface area contributed by atoms with Crippen molar-refractivity contribution in [2.75, 3.05) is 112 Å². The summed E-state index contributed by atoms with van der Waals surface area (Å²) in [5.41, 5.74) is 7.57. The first kappa shape index (κ1) is 53.7. The molecule has 0 aromatic carbocycles. The lowest BCUT2D eigenvalue weighted by Crippen LogP contribution is -2.61. The van der Waals surface area contributed by atoms with Crippen molar-refractivity contribution in [1.82, 2.24) is 20.2 Å². The maximum atomic E-state index is 10.7. The van der Waals surface area contributed by atoms with Crippen molar-refractivity contribution < 1.29 is 54.1 Å². The highest BCUT2D eigenvalue weighted by molar-refractivity contribution is 5.65. The first-order valence-corrected chi connectivity index (χ1v) is 20.3. The quantitative estimate of drug-likeness (QED) is 0.0213. The summed E-state index contributed by atoms with van der Waals surface area (Å²) in [6, 6.07) is 0. The molecular weight excluding hydrogens is 742 g/mol. The van der Waals surface area contributed by atoms with Crippen LogP contribution in [0.4, 0.5) is 0 Å². The minimum absolute atomic E-state index is 0.0236. The maximum Gasteiger partial charge on any atom is 0.194 e. The molecule has 7 atom stereocenters. The highest BCUT2D eigenvalue weighted by atomic mass is 16.7. The zero-order valence-electron chi connectivity index (χ0n) is 36.7. The molecule has 1 heterocycles. The number of aliphatic hydroxyl groups excluding tert-OH is 5. The molecule has 0 radical (unpaired) electrons. The lowest BCUT2D eigenvalue weighted by molar-refractivity contribution is -0.261. The van der Waals surface area contributed by atoms with Gasteiger partial charge in [0.25, 0.3) is 0 Å². The molecule has 0 aromatic heterocycles. The number of aliphatic hydroxyl groups is 5. The number of nitrogens with zero attached hydrogens (tertiary/aromatic N) is 5. The van der Waals surface area contributed by atoms with Crippen LogP contribution in [-0.4, -0.2) is 219 Å². The second-order valence-electron chi connectivity index (χ2n) is 17.4. The number of hydrogen-bond acceptors (Lipinski definition) is 18. The molecule has 57 heavy (non-hydrogen) atoms. The van der Waals surface area contributed by atoms with E-state index in [9.17, 15) is 25.5 Å². The van der Waals surface area contributed by atoms with Gasteiger partial charge in [-0.25, -0.2) is 0 Å². The van der Waals surface area contributed by atoms with Crippen LogP contribution < -0.4 is 11.2 Å². The number of hydrogen-bond donors (Lipinski definition) is 7. The zero-order chi connectivity index (χ0) is 43.1. The van der Waals surface area contributed by atoms with E-state index in [2.05, 4.69) is 50.9 Å². The van der Waals surface area contributed by atoms with Crippen LogP contribution in [0.2, 0.25) is 0 Å². The summed E-state index contributed by atoms with van der Waals surface area (Å²) in [5.74, 6) is 0. The summed E-state index contributed by atoms with van der Waals surface area (Å²) in [6.45, 7) is 24.3. The monoisotopic (exact) mass is 824 g/mol. The van der Waals surface area contributed by atoms with Gasteiger partial charge in [0.15, 0.2) is 6.29 Å². The van der Waals surface area contributed by atoms with Crippen molar-refractivity contribution in [1.29, 1.82) is 0 Å². The summed E-state index contributed by atoms with van der Waals surface area (Å²) < 4.78 is 30.2. The number of rotatable bonds is 30. The summed E-state index contributed by atoms with van der Waals surface area (Å²) in [4.78, 5) is 20.8. The molecule has 1 fully saturated rings. The Balaban J connectivity index is 2.78. The molecular formula is C39H81N7O11. The van der Waals surface area contributed by atoms with Crippen LogP contribution in [0.1, 0.15) is 68.7 Å². The van der Waals surface area contributed by atoms with Gasteiger partial charge in [-0.15, -0.1) is 0 Å². The van der Waals surface area contributed by atoms with Crippen LogP contribution in [0.5, 0.6) is 0 Å². The Morgan fingerprint density at radius 1 is 0.842 bits per heavy atom. The SMILES string of the molecule is CN=CC(COC(C)(C)C)OC(C=NCCN(CCO)CCNOCN(COCCCN(CCN)CCO)C(C)(C)C)OCC1OC(C(C)(C)C)C(O)C(O)C1O. The average molecular weight is 824 g/mol.